The van der Waals surface area contributed by atoms with Crippen molar-refractivity contribution in [2.24, 2.45) is 0 Å². The molecule has 0 radical (unpaired) electrons. The van der Waals surface area contributed by atoms with Crippen molar-refractivity contribution in [3.05, 3.63) is 164 Å². The molecule has 3 heterocycles. The average molecular weight is 642 g/mol. The summed E-state index contributed by atoms with van der Waals surface area (Å²) >= 11 is 0. The number of fused-ring (bicyclic) bond motifs is 13. The number of anilines is 3. The lowest BCUT2D eigenvalue weighted by Gasteiger charge is -2.25. The summed E-state index contributed by atoms with van der Waals surface area (Å²) in [5, 5.41) is 8.61. The lowest BCUT2D eigenvalue weighted by Crippen LogP contribution is -2.09. The SMILES string of the molecule is c1ccc(-c2ccc(N(c3ccc4c(c3)oc3ccccc34)c3ccc4oc5c6ccccc6c6c7ccccc7oc6c5c4c3)cc2)cc1. The highest BCUT2D eigenvalue weighted by atomic mass is 16.3. The van der Waals surface area contributed by atoms with Gasteiger partial charge in [0.1, 0.15) is 33.5 Å². The maximum Gasteiger partial charge on any atom is 0.147 e. The van der Waals surface area contributed by atoms with Gasteiger partial charge in [-0.25, -0.2) is 0 Å². The van der Waals surface area contributed by atoms with Crippen LogP contribution in [0.3, 0.4) is 0 Å². The first-order valence-corrected chi connectivity index (χ1v) is 16.8. The topological polar surface area (TPSA) is 42.7 Å². The number of nitrogens with zero attached hydrogens (tertiary/aromatic N) is 1. The number of benzene rings is 8. The van der Waals surface area contributed by atoms with Crippen LogP contribution in [0, 0.1) is 0 Å². The molecule has 0 spiro atoms. The van der Waals surface area contributed by atoms with Gasteiger partial charge in [0.25, 0.3) is 0 Å². The van der Waals surface area contributed by atoms with Gasteiger partial charge in [-0.1, -0.05) is 103 Å². The fraction of sp³-hybridized carbons (Fsp3) is 0. The summed E-state index contributed by atoms with van der Waals surface area (Å²) in [6, 6.07) is 57.1. The molecule has 4 nitrogen and oxygen atoms in total. The molecule has 0 bridgehead atoms. The van der Waals surface area contributed by atoms with Crippen molar-refractivity contribution in [3.63, 3.8) is 0 Å². The molecule has 0 atom stereocenters. The Kier molecular flexibility index (Phi) is 5.63. The highest BCUT2D eigenvalue weighted by Gasteiger charge is 2.23. The van der Waals surface area contributed by atoms with Gasteiger partial charge in [-0.3, -0.25) is 0 Å². The normalized spacial score (nSPS) is 12.0. The van der Waals surface area contributed by atoms with E-state index in [4.69, 9.17) is 13.3 Å². The van der Waals surface area contributed by atoms with Gasteiger partial charge in [0.15, 0.2) is 0 Å². The van der Waals surface area contributed by atoms with Gasteiger partial charge < -0.3 is 18.2 Å². The highest BCUT2D eigenvalue weighted by molar-refractivity contribution is 6.33. The predicted octanol–water partition coefficient (Wildman–Crippen LogP) is 13.7. The zero-order valence-electron chi connectivity index (χ0n) is 26.8. The predicted molar refractivity (Wildman–Crippen MR) is 206 cm³/mol. The van der Waals surface area contributed by atoms with Gasteiger partial charge in [0.05, 0.1) is 5.39 Å². The van der Waals surface area contributed by atoms with Gasteiger partial charge in [-0.2, -0.15) is 0 Å². The summed E-state index contributed by atoms with van der Waals surface area (Å²) in [6.07, 6.45) is 0. The van der Waals surface area contributed by atoms with E-state index in [1.54, 1.807) is 0 Å². The van der Waals surface area contributed by atoms with E-state index in [0.717, 1.165) is 99.2 Å². The van der Waals surface area contributed by atoms with E-state index in [-0.39, 0.29) is 0 Å². The third-order valence-corrected chi connectivity index (χ3v) is 10.0. The van der Waals surface area contributed by atoms with Crippen LogP contribution in [0.2, 0.25) is 0 Å². The third-order valence-electron chi connectivity index (χ3n) is 10.0. The first-order valence-electron chi connectivity index (χ1n) is 16.8. The van der Waals surface area contributed by atoms with Crippen LogP contribution in [-0.2, 0) is 0 Å². The molecule has 0 aliphatic carbocycles. The molecule has 0 amide bonds. The number of para-hydroxylation sites is 2. The van der Waals surface area contributed by atoms with Crippen LogP contribution < -0.4 is 4.90 Å². The average Bonchev–Trinajstić information content (AvgIpc) is 3.87. The molecule has 0 aliphatic rings. The van der Waals surface area contributed by atoms with Crippen molar-refractivity contribution in [1.82, 2.24) is 0 Å². The van der Waals surface area contributed by atoms with E-state index >= 15 is 0 Å². The molecule has 0 saturated carbocycles. The van der Waals surface area contributed by atoms with E-state index in [2.05, 4.69) is 138 Å². The molecule has 50 heavy (non-hydrogen) atoms. The van der Waals surface area contributed by atoms with Gasteiger partial charge in [-0.05, 0) is 71.1 Å². The molecule has 234 valence electrons. The Balaban J connectivity index is 1.17. The second-order valence-electron chi connectivity index (χ2n) is 12.9. The van der Waals surface area contributed by atoms with Crippen molar-refractivity contribution in [3.8, 4) is 11.1 Å². The molecule has 0 unspecified atom stereocenters. The Hall–Kier alpha value is -6.78. The quantitative estimate of drug-likeness (QED) is 0.192. The maximum atomic E-state index is 6.68. The summed E-state index contributed by atoms with van der Waals surface area (Å²) < 4.78 is 19.7. The summed E-state index contributed by atoms with van der Waals surface area (Å²) in [5.74, 6) is 0. The van der Waals surface area contributed by atoms with E-state index in [1.165, 1.54) is 5.56 Å². The van der Waals surface area contributed by atoms with Crippen molar-refractivity contribution in [1.29, 1.82) is 0 Å². The zero-order chi connectivity index (χ0) is 32.8. The number of hydrogen-bond donors (Lipinski definition) is 0. The molecule has 0 saturated heterocycles. The largest absolute Gasteiger partial charge is 0.456 e. The van der Waals surface area contributed by atoms with Crippen LogP contribution >= 0.6 is 0 Å². The van der Waals surface area contributed by atoms with Crippen LogP contribution in [0.25, 0.3) is 87.7 Å². The maximum absolute atomic E-state index is 6.68. The minimum atomic E-state index is 0.814. The first-order chi connectivity index (χ1) is 24.8. The molecule has 11 aromatic rings. The number of furan rings is 3. The molecule has 4 heteroatoms. The van der Waals surface area contributed by atoms with E-state index in [9.17, 15) is 0 Å². The second-order valence-corrected chi connectivity index (χ2v) is 12.9. The summed E-state index contributed by atoms with van der Waals surface area (Å²) in [5.41, 5.74) is 10.5. The summed E-state index contributed by atoms with van der Waals surface area (Å²) in [4.78, 5) is 2.29. The van der Waals surface area contributed by atoms with Crippen LogP contribution in [0.15, 0.2) is 177 Å². The molecule has 0 N–H and O–H groups in total. The fourth-order valence-corrected chi connectivity index (χ4v) is 7.76. The number of hydrogen-bond acceptors (Lipinski definition) is 4. The van der Waals surface area contributed by atoms with E-state index in [0.29, 0.717) is 0 Å². The molecule has 3 aromatic heterocycles. The number of rotatable bonds is 4. The van der Waals surface area contributed by atoms with Crippen LogP contribution in [0.5, 0.6) is 0 Å². The lowest BCUT2D eigenvalue weighted by atomic mass is 9.99. The molecule has 0 aliphatic heterocycles. The first kappa shape index (κ1) is 27.2. The second kappa shape index (κ2) is 10.4. The Morgan fingerprint density at radius 1 is 0.300 bits per heavy atom. The summed E-state index contributed by atoms with van der Waals surface area (Å²) in [7, 11) is 0. The lowest BCUT2D eigenvalue weighted by molar-refractivity contribution is 0.665. The highest BCUT2D eigenvalue weighted by Crippen LogP contribution is 2.47. The Labute approximate surface area is 286 Å². The molecule has 0 fully saturated rings. The Morgan fingerprint density at radius 2 is 0.860 bits per heavy atom. The van der Waals surface area contributed by atoms with Gasteiger partial charge in [0.2, 0.25) is 0 Å². The molecule has 11 rings (SSSR count). The minimum absolute atomic E-state index is 0.814. The molecule has 8 aromatic carbocycles. The fourth-order valence-electron chi connectivity index (χ4n) is 7.76. The molecular weight excluding hydrogens is 615 g/mol. The standard InChI is InChI=1S/C46H27NO3/c1-2-10-28(11-3-1)29-18-20-30(21-19-29)47(32-22-24-34-33-12-6-8-16-39(33)48-42(34)27-32)31-23-25-41-38(26-31)44-45(49-41)36-14-5-4-13-35(36)43-37-15-7-9-17-40(37)50-46(43)44/h1-27H. The molecular formula is C46H27NO3. The van der Waals surface area contributed by atoms with E-state index in [1.807, 2.05) is 30.3 Å². The van der Waals surface area contributed by atoms with Crippen molar-refractivity contribution < 1.29 is 13.3 Å². The monoisotopic (exact) mass is 641 g/mol. The van der Waals surface area contributed by atoms with Crippen molar-refractivity contribution in [2.45, 2.75) is 0 Å². The van der Waals surface area contributed by atoms with Gasteiger partial charge in [0, 0.05) is 55.4 Å². The van der Waals surface area contributed by atoms with Gasteiger partial charge >= 0.3 is 0 Å². The minimum Gasteiger partial charge on any atom is -0.456 e. The smallest absolute Gasteiger partial charge is 0.147 e. The Bertz CT molecular complexity index is 3090. The van der Waals surface area contributed by atoms with Crippen LogP contribution in [0.1, 0.15) is 0 Å². The third kappa shape index (κ3) is 3.93. The van der Waals surface area contributed by atoms with Crippen molar-refractivity contribution >= 4 is 93.7 Å². The zero-order valence-corrected chi connectivity index (χ0v) is 26.8. The van der Waals surface area contributed by atoms with E-state index < -0.39 is 0 Å². The van der Waals surface area contributed by atoms with Crippen LogP contribution in [0.4, 0.5) is 17.1 Å². The van der Waals surface area contributed by atoms with Gasteiger partial charge in [-0.15, -0.1) is 0 Å². The van der Waals surface area contributed by atoms with Crippen LogP contribution in [-0.4, -0.2) is 0 Å². The Morgan fingerprint density at radius 3 is 1.68 bits per heavy atom. The van der Waals surface area contributed by atoms with Crippen molar-refractivity contribution in [2.75, 3.05) is 4.90 Å². The summed E-state index contributed by atoms with van der Waals surface area (Å²) in [6.45, 7) is 0.